The van der Waals surface area contributed by atoms with Crippen LogP contribution in [0, 0.1) is 0 Å². The minimum atomic E-state index is 0.705. The number of halogens is 1. The van der Waals surface area contributed by atoms with Crippen molar-refractivity contribution in [3.63, 3.8) is 0 Å². The maximum atomic E-state index is 6.25. The van der Waals surface area contributed by atoms with Crippen molar-refractivity contribution in [3.05, 3.63) is 47.7 Å². The van der Waals surface area contributed by atoms with Crippen LogP contribution in [-0.2, 0) is 0 Å². The van der Waals surface area contributed by atoms with Gasteiger partial charge >= 0.3 is 0 Å². The Morgan fingerprint density at radius 3 is 2.40 bits per heavy atom. The summed E-state index contributed by atoms with van der Waals surface area (Å²) in [7, 11) is 0. The van der Waals surface area contributed by atoms with Crippen LogP contribution in [0.2, 0.25) is 5.02 Å². The molecule has 1 fully saturated rings. The lowest BCUT2D eigenvalue weighted by Crippen LogP contribution is -2.46. The molecular weight excluding hydrogens is 272 g/mol. The third-order valence-electron chi connectivity index (χ3n) is 3.58. The fourth-order valence-corrected chi connectivity index (χ4v) is 2.79. The summed E-state index contributed by atoms with van der Waals surface area (Å²) >= 11 is 6.25. The fraction of sp³-hybridized carbons (Fsp3) is 0.267. The Bertz CT molecular complexity index is 594. The molecule has 0 unspecified atom stereocenters. The molecule has 0 aliphatic carbocycles. The Kier molecular flexibility index (Phi) is 3.65. The van der Waals surface area contributed by atoms with E-state index in [0.29, 0.717) is 5.69 Å². The van der Waals surface area contributed by atoms with E-state index in [1.54, 1.807) is 6.20 Å². The highest BCUT2D eigenvalue weighted by Crippen LogP contribution is 2.27. The molecule has 2 aromatic rings. The molecule has 2 heterocycles. The molecule has 1 aliphatic heterocycles. The fourth-order valence-electron chi connectivity index (χ4n) is 2.53. The van der Waals surface area contributed by atoms with Crippen molar-refractivity contribution < 1.29 is 0 Å². The molecule has 104 valence electrons. The van der Waals surface area contributed by atoms with Crippen LogP contribution in [-0.4, -0.2) is 31.2 Å². The first-order valence-corrected chi connectivity index (χ1v) is 7.07. The number of piperazine rings is 1. The first-order valence-electron chi connectivity index (χ1n) is 6.69. The van der Waals surface area contributed by atoms with Gasteiger partial charge in [0.1, 0.15) is 0 Å². The van der Waals surface area contributed by atoms with E-state index in [4.69, 9.17) is 17.3 Å². The number of rotatable bonds is 2. The number of nitrogens with zero attached hydrogens (tertiary/aromatic N) is 3. The number of aromatic nitrogens is 1. The molecule has 20 heavy (non-hydrogen) atoms. The molecule has 2 N–H and O–H groups in total. The van der Waals surface area contributed by atoms with Crippen LogP contribution >= 0.6 is 11.6 Å². The van der Waals surface area contributed by atoms with Gasteiger partial charge in [0.05, 0.1) is 28.3 Å². The molecular formula is C15H17ClN4. The van der Waals surface area contributed by atoms with Crippen molar-refractivity contribution >= 4 is 28.7 Å². The van der Waals surface area contributed by atoms with Gasteiger partial charge in [0.2, 0.25) is 0 Å². The molecule has 0 amide bonds. The van der Waals surface area contributed by atoms with Gasteiger partial charge in [-0.15, -0.1) is 0 Å². The van der Waals surface area contributed by atoms with Crippen LogP contribution < -0.4 is 15.5 Å². The number of anilines is 3. The summed E-state index contributed by atoms with van der Waals surface area (Å²) in [6.07, 6.45) is 3.53. The van der Waals surface area contributed by atoms with Gasteiger partial charge in [0.25, 0.3) is 0 Å². The average Bonchev–Trinajstić information content (AvgIpc) is 2.48. The van der Waals surface area contributed by atoms with E-state index in [-0.39, 0.29) is 0 Å². The molecule has 1 aliphatic rings. The normalized spacial score (nSPS) is 15.4. The molecule has 3 rings (SSSR count). The molecule has 1 aromatic heterocycles. The second kappa shape index (κ2) is 5.59. The molecule has 1 aromatic carbocycles. The van der Waals surface area contributed by atoms with Gasteiger partial charge < -0.3 is 15.5 Å². The number of benzene rings is 1. The number of hydrogen-bond donors (Lipinski definition) is 1. The van der Waals surface area contributed by atoms with E-state index in [1.165, 1.54) is 0 Å². The van der Waals surface area contributed by atoms with Gasteiger partial charge in [-0.05, 0) is 18.2 Å². The molecule has 0 bridgehead atoms. The average molecular weight is 289 g/mol. The van der Waals surface area contributed by atoms with Crippen LogP contribution in [0.3, 0.4) is 0 Å². The summed E-state index contributed by atoms with van der Waals surface area (Å²) in [5, 5.41) is 0.812. The summed E-state index contributed by atoms with van der Waals surface area (Å²) in [6, 6.07) is 9.96. The van der Waals surface area contributed by atoms with E-state index in [1.807, 2.05) is 30.5 Å². The first-order chi connectivity index (χ1) is 9.74. The topological polar surface area (TPSA) is 45.4 Å². The highest BCUT2D eigenvalue weighted by atomic mass is 35.5. The van der Waals surface area contributed by atoms with Crippen LogP contribution in [0.1, 0.15) is 0 Å². The zero-order chi connectivity index (χ0) is 13.9. The van der Waals surface area contributed by atoms with Crippen LogP contribution in [0.15, 0.2) is 42.7 Å². The second-order valence-corrected chi connectivity index (χ2v) is 5.31. The van der Waals surface area contributed by atoms with Crippen LogP contribution in [0.4, 0.5) is 17.1 Å². The minimum absolute atomic E-state index is 0.705. The van der Waals surface area contributed by atoms with Crippen molar-refractivity contribution in [1.82, 2.24) is 4.98 Å². The number of hydrogen-bond acceptors (Lipinski definition) is 4. The molecule has 0 saturated carbocycles. The van der Waals surface area contributed by atoms with E-state index in [2.05, 4.69) is 20.9 Å². The lowest BCUT2D eigenvalue weighted by atomic mass is 10.2. The number of pyridine rings is 1. The number of para-hydroxylation sites is 1. The quantitative estimate of drug-likeness (QED) is 0.923. The van der Waals surface area contributed by atoms with E-state index >= 15 is 0 Å². The maximum Gasteiger partial charge on any atom is 0.0639 e. The van der Waals surface area contributed by atoms with E-state index < -0.39 is 0 Å². The minimum Gasteiger partial charge on any atom is -0.397 e. The van der Waals surface area contributed by atoms with Crippen molar-refractivity contribution in [1.29, 1.82) is 0 Å². The van der Waals surface area contributed by atoms with Gasteiger partial charge in [-0.25, -0.2) is 0 Å². The Morgan fingerprint density at radius 2 is 1.70 bits per heavy atom. The summed E-state index contributed by atoms with van der Waals surface area (Å²) in [5.41, 5.74) is 8.69. The lowest BCUT2D eigenvalue weighted by Gasteiger charge is -2.37. The molecule has 0 radical (unpaired) electrons. The Labute approximate surface area is 123 Å². The molecule has 0 atom stereocenters. The van der Waals surface area contributed by atoms with Gasteiger partial charge in [-0.2, -0.15) is 0 Å². The summed E-state index contributed by atoms with van der Waals surface area (Å²) in [4.78, 5) is 8.77. The standard InChI is InChI=1S/C15H17ClN4/c16-14-3-1-2-4-15(14)20-7-5-19(6-8-20)13-9-12(17)10-18-11-13/h1-4,9-11H,5-8,17H2. The van der Waals surface area contributed by atoms with Gasteiger partial charge in [0.15, 0.2) is 0 Å². The Morgan fingerprint density at radius 1 is 1.00 bits per heavy atom. The largest absolute Gasteiger partial charge is 0.397 e. The number of nitrogen functional groups attached to an aromatic ring is 1. The maximum absolute atomic E-state index is 6.25. The van der Waals surface area contributed by atoms with Crippen LogP contribution in [0.25, 0.3) is 0 Å². The zero-order valence-electron chi connectivity index (χ0n) is 11.2. The lowest BCUT2D eigenvalue weighted by molar-refractivity contribution is 0.653. The highest BCUT2D eigenvalue weighted by molar-refractivity contribution is 6.33. The first kappa shape index (κ1) is 13.1. The Balaban J connectivity index is 1.70. The monoisotopic (exact) mass is 288 g/mol. The van der Waals surface area contributed by atoms with Gasteiger partial charge in [0, 0.05) is 32.4 Å². The molecule has 0 spiro atoms. The van der Waals surface area contributed by atoms with Crippen molar-refractivity contribution in [2.24, 2.45) is 0 Å². The van der Waals surface area contributed by atoms with Crippen LogP contribution in [0.5, 0.6) is 0 Å². The molecule has 4 nitrogen and oxygen atoms in total. The van der Waals surface area contributed by atoms with Crippen molar-refractivity contribution in [3.8, 4) is 0 Å². The third kappa shape index (κ3) is 2.65. The predicted molar refractivity (Wildman–Crippen MR) is 84.5 cm³/mol. The molecule has 1 saturated heterocycles. The van der Waals surface area contributed by atoms with E-state index in [0.717, 1.165) is 42.6 Å². The van der Waals surface area contributed by atoms with Crippen molar-refractivity contribution in [2.45, 2.75) is 0 Å². The van der Waals surface area contributed by atoms with Gasteiger partial charge in [-0.1, -0.05) is 23.7 Å². The smallest absolute Gasteiger partial charge is 0.0639 e. The second-order valence-electron chi connectivity index (χ2n) is 4.90. The SMILES string of the molecule is Nc1cncc(N2CCN(c3ccccc3Cl)CC2)c1. The summed E-state index contributed by atoms with van der Waals surface area (Å²) in [6.45, 7) is 3.77. The summed E-state index contributed by atoms with van der Waals surface area (Å²) < 4.78 is 0. The zero-order valence-corrected chi connectivity index (χ0v) is 11.9. The van der Waals surface area contributed by atoms with Gasteiger partial charge in [-0.3, -0.25) is 4.98 Å². The third-order valence-corrected chi connectivity index (χ3v) is 3.90. The number of nitrogens with two attached hydrogens (primary N) is 1. The predicted octanol–water partition coefficient (Wildman–Crippen LogP) is 2.64. The van der Waals surface area contributed by atoms with Crippen molar-refractivity contribution in [2.75, 3.05) is 41.7 Å². The van der Waals surface area contributed by atoms with E-state index in [9.17, 15) is 0 Å². The Hall–Kier alpha value is -1.94. The highest BCUT2D eigenvalue weighted by Gasteiger charge is 2.19. The summed E-state index contributed by atoms with van der Waals surface area (Å²) in [5.74, 6) is 0. The molecule has 5 heteroatoms.